The van der Waals surface area contributed by atoms with E-state index in [2.05, 4.69) is 4.90 Å². The summed E-state index contributed by atoms with van der Waals surface area (Å²) in [5, 5.41) is 0. The Morgan fingerprint density at radius 2 is 1.53 bits per heavy atom. The van der Waals surface area contributed by atoms with Gasteiger partial charge in [-0.05, 0) is 17.7 Å². The first-order chi connectivity index (χ1) is 14.3. The SMILES string of the molecule is CC(C)(CC(=O)N1CCN(Cc2ccc(C(=O)N3CCOCC3)cc2)CC1)C(N)=O. The molecule has 0 spiro atoms. The van der Waals surface area contributed by atoms with Crippen molar-refractivity contribution < 1.29 is 19.1 Å². The van der Waals surface area contributed by atoms with Crippen LogP contribution < -0.4 is 5.73 Å². The van der Waals surface area contributed by atoms with Gasteiger partial charge in [-0.25, -0.2) is 0 Å². The second-order valence-electron chi connectivity index (χ2n) is 8.68. The van der Waals surface area contributed by atoms with E-state index >= 15 is 0 Å². The lowest BCUT2D eigenvalue weighted by Gasteiger charge is -2.36. The summed E-state index contributed by atoms with van der Waals surface area (Å²) in [4.78, 5) is 42.4. The number of carbonyl (C=O) groups is 3. The number of nitrogens with two attached hydrogens (primary N) is 1. The lowest BCUT2D eigenvalue weighted by atomic mass is 9.88. The lowest BCUT2D eigenvalue weighted by Crippen LogP contribution is -2.49. The van der Waals surface area contributed by atoms with E-state index in [-0.39, 0.29) is 18.2 Å². The van der Waals surface area contributed by atoms with Crippen molar-refractivity contribution in [1.82, 2.24) is 14.7 Å². The first-order valence-electron chi connectivity index (χ1n) is 10.5. The minimum absolute atomic E-state index is 0.0237. The highest BCUT2D eigenvalue weighted by Crippen LogP contribution is 2.21. The molecule has 2 heterocycles. The summed E-state index contributed by atoms with van der Waals surface area (Å²) >= 11 is 0. The number of carbonyl (C=O) groups excluding carboxylic acids is 3. The van der Waals surface area contributed by atoms with Gasteiger partial charge in [0.1, 0.15) is 0 Å². The molecule has 0 atom stereocenters. The number of hydrogen-bond donors (Lipinski definition) is 1. The van der Waals surface area contributed by atoms with Gasteiger partial charge < -0.3 is 20.3 Å². The first kappa shape index (κ1) is 22.2. The first-order valence-corrected chi connectivity index (χ1v) is 10.5. The molecule has 8 nitrogen and oxygen atoms in total. The van der Waals surface area contributed by atoms with Crippen molar-refractivity contribution in [2.45, 2.75) is 26.8 Å². The third-order valence-electron chi connectivity index (χ3n) is 5.89. The van der Waals surface area contributed by atoms with Crippen molar-refractivity contribution >= 4 is 17.7 Å². The normalized spacial score (nSPS) is 18.3. The molecule has 1 aromatic carbocycles. The third-order valence-corrected chi connectivity index (χ3v) is 5.89. The zero-order valence-corrected chi connectivity index (χ0v) is 17.9. The maximum absolute atomic E-state index is 12.5. The van der Waals surface area contributed by atoms with E-state index < -0.39 is 11.3 Å². The number of ether oxygens (including phenoxy) is 1. The molecule has 2 aliphatic rings. The van der Waals surface area contributed by atoms with Gasteiger partial charge in [0.2, 0.25) is 11.8 Å². The molecule has 2 saturated heterocycles. The highest BCUT2D eigenvalue weighted by atomic mass is 16.5. The molecule has 2 aliphatic heterocycles. The molecular weight excluding hydrogens is 384 g/mol. The van der Waals surface area contributed by atoms with Gasteiger partial charge in [-0.3, -0.25) is 19.3 Å². The molecule has 0 saturated carbocycles. The van der Waals surface area contributed by atoms with E-state index in [1.54, 1.807) is 13.8 Å². The Labute approximate surface area is 177 Å². The number of amides is 3. The average molecular weight is 417 g/mol. The van der Waals surface area contributed by atoms with Crippen molar-refractivity contribution in [3.63, 3.8) is 0 Å². The summed E-state index contributed by atoms with van der Waals surface area (Å²) in [7, 11) is 0. The molecule has 0 aromatic heterocycles. The summed E-state index contributed by atoms with van der Waals surface area (Å²) in [5.41, 5.74) is 6.40. The monoisotopic (exact) mass is 416 g/mol. The lowest BCUT2D eigenvalue weighted by molar-refractivity contribution is -0.139. The maximum atomic E-state index is 12.5. The van der Waals surface area contributed by atoms with E-state index in [1.165, 1.54) is 0 Å². The Morgan fingerprint density at radius 3 is 2.10 bits per heavy atom. The van der Waals surface area contributed by atoms with Crippen LogP contribution in [-0.4, -0.2) is 84.9 Å². The van der Waals surface area contributed by atoms with Gasteiger partial charge in [-0.1, -0.05) is 26.0 Å². The third kappa shape index (κ3) is 5.58. The van der Waals surface area contributed by atoms with Crippen molar-refractivity contribution in [1.29, 1.82) is 0 Å². The predicted octanol–water partition coefficient (Wildman–Crippen LogP) is 0.705. The fourth-order valence-electron chi connectivity index (χ4n) is 3.69. The fraction of sp³-hybridized carbons (Fsp3) is 0.591. The van der Waals surface area contributed by atoms with E-state index in [0.29, 0.717) is 45.0 Å². The molecule has 0 bridgehead atoms. The van der Waals surface area contributed by atoms with E-state index in [0.717, 1.165) is 25.2 Å². The van der Waals surface area contributed by atoms with Crippen LogP contribution in [0.2, 0.25) is 0 Å². The average Bonchev–Trinajstić information content (AvgIpc) is 2.74. The van der Waals surface area contributed by atoms with Crippen LogP contribution in [-0.2, 0) is 20.9 Å². The second kappa shape index (κ2) is 9.57. The van der Waals surface area contributed by atoms with Gasteiger partial charge in [-0.15, -0.1) is 0 Å². The largest absolute Gasteiger partial charge is 0.378 e. The molecule has 2 N–H and O–H groups in total. The number of piperazine rings is 1. The number of benzene rings is 1. The van der Waals surface area contributed by atoms with Gasteiger partial charge in [0.25, 0.3) is 5.91 Å². The zero-order valence-electron chi connectivity index (χ0n) is 17.9. The van der Waals surface area contributed by atoms with Gasteiger partial charge in [0, 0.05) is 57.8 Å². The standard InChI is InChI=1S/C22H32N4O4/c1-22(2,21(23)29)15-19(27)25-9-7-24(8-10-25)16-17-3-5-18(6-4-17)20(28)26-11-13-30-14-12-26/h3-6H,7-16H2,1-2H3,(H2,23,29). The number of primary amides is 1. The molecule has 30 heavy (non-hydrogen) atoms. The van der Waals surface area contributed by atoms with Crippen LogP contribution in [0.4, 0.5) is 0 Å². The quantitative estimate of drug-likeness (QED) is 0.737. The Morgan fingerprint density at radius 1 is 0.933 bits per heavy atom. The predicted molar refractivity (Wildman–Crippen MR) is 113 cm³/mol. The van der Waals surface area contributed by atoms with Crippen molar-refractivity contribution in [2.24, 2.45) is 11.1 Å². The molecule has 1 aromatic rings. The topological polar surface area (TPSA) is 96.2 Å². The number of morpholine rings is 1. The van der Waals surface area contributed by atoms with E-state index in [9.17, 15) is 14.4 Å². The maximum Gasteiger partial charge on any atom is 0.254 e. The molecule has 8 heteroatoms. The van der Waals surface area contributed by atoms with E-state index in [1.807, 2.05) is 34.1 Å². The van der Waals surface area contributed by atoms with Gasteiger partial charge in [-0.2, -0.15) is 0 Å². The summed E-state index contributed by atoms with van der Waals surface area (Å²) in [5.74, 6) is -0.426. The number of nitrogens with zero attached hydrogens (tertiary/aromatic N) is 3. The Hall–Kier alpha value is -2.45. The van der Waals surface area contributed by atoms with Crippen LogP contribution in [0.1, 0.15) is 36.2 Å². The molecule has 0 unspecified atom stereocenters. The summed E-state index contributed by atoms with van der Waals surface area (Å²) < 4.78 is 5.30. The molecular formula is C22H32N4O4. The molecule has 0 aliphatic carbocycles. The van der Waals surface area contributed by atoms with Gasteiger partial charge >= 0.3 is 0 Å². The highest BCUT2D eigenvalue weighted by molar-refractivity contribution is 5.94. The number of rotatable bonds is 6. The molecule has 2 fully saturated rings. The fourth-order valence-corrected chi connectivity index (χ4v) is 3.69. The van der Waals surface area contributed by atoms with Crippen molar-refractivity contribution in [2.75, 3.05) is 52.5 Å². The summed E-state index contributed by atoms with van der Waals surface area (Å²) in [6, 6.07) is 7.78. The second-order valence-corrected chi connectivity index (χ2v) is 8.68. The molecule has 3 rings (SSSR count). The Kier molecular flexibility index (Phi) is 7.10. The Balaban J connectivity index is 1.47. The zero-order chi connectivity index (χ0) is 21.7. The van der Waals surface area contributed by atoms with Crippen LogP contribution in [0.5, 0.6) is 0 Å². The van der Waals surface area contributed by atoms with Crippen molar-refractivity contribution in [3.8, 4) is 0 Å². The van der Waals surface area contributed by atoms with Crippen LogP contribution in [0.15, 0.2) is 24.3 Å². The minimum Gasteiger partial charge on any atom is -0.378 e. The number of hydrogen-bond acceptors (Lipinski definition) is 5. The summed E-state index contributed by atoms with van der Waals surface area (Å²) in [6.45, 7) is 9.49. The highest BCUT2D eigenvalue weighted by Gasteiger charge is 2.31. The van der Waals surface area contributed by atoms with Crippen LogP contribution in [0, 0.1) is 5.41 Å². The van der Waals surface area contributed by atoms with Gasteiger partial charge in [0.05, 0.1) is 18.6 Å². The Bertz CT molecular complexity index is 764. The summed E-state index contributed by atoms with van der Waals surface area (Å²) in [6.07, 6.45) is 0.140. The van der Waals surface area contributed by atoms with E-state index in [4.69, 9.17) is 10.5 Å². The smallest absolute Gasteiger partial charge is 0.254 e. The molecule has 3 amide bonds. The molecule has 164 valence electrons. The van der Waals surface area contributed by atoms with Crippen LogP contribution >= 0.6 is 0 Å². The molecule has 0 radical (unpaired) electrons. The minimum atomic E-state index is -0.825. The van der Waals surface area contributed by atoms with Crippen molar-refractivity contribution in [3.05, 3.63) is 35.4 Å². The van der Waals surface area contributed by atoms with Gasteiger partial charge in [0.15, 0.2) is 0 Å². The van der Waals surface area contributed by atoms with Crippen LogP contribution in [0.3, 0.4) is 0 Å². The van der Waals surface area contributed by atoms with Crippen LogP contribution in [0.25, 0.3) is 0 Å².